The molecule has 1 atom stereocenters. The lowest BCUT2D eigenvalue weighted by molar-refractivity contribution is -0.121. The quantitative estimate of drug-likeness (QED) is 0.815. The molecule has 1 amide bonds. The molecular weight excluding hydrogens is 262 g/mol. The topological polar surface area (TPSA) is 35.6 Å². The predicted octanol–water partition coefficient (Wildman–Crippen LogP) is 2.10. The highest BCUT2D eigenvalue weighted by Gasteiger charge is 2.22. The normalized spacial score (nSPS) is 25.9. The average Bonchev–Trinajstić information content (AvgIpc) is 2.53. The van der Waals surface area contributed by atoms with Crippen LogP contribution in [0.2, 0.25) is 0 Å². The van der Waals surface area contributed by atoms with Crippen LogP contribution in [0.3, 0.4) is 0 Å². The summed E-state index contributed by atoms with van der Waals surface area (Å²) in [6, 6.07) is 0.798. The number of hydrogen-bond acceptors (Lipinski definition) is 3. The summed E-state index contributed by atoms with van der Waals surface area (Å²) < 4.78 is 0. The molecule has 2 fully saturated rings. The van der Waals surface area contributed by atoms with Crippen LogP contribution in [0.4, 0.5) is 0 Å². The molecule has 0 saturated carbocycles. The van der Waals surface area contributed by atoms with E-state index in [1.165, 1.54) is 64.7 Å². The second-order valence-electron chi connectivity index (χ2n) is 6.88. The number of carbonyl (C=O) groups excluding carboxylic acids is 1. The van der Waals surface area contributed by atoms with E-state index in [2.05, 4.69) is 22.0 Å². The third kappa shape index (κ3) is 5.59. The fraction of sp³-hybridized carbons (Fsp3) is 0.941. The summed E-state index contributed by atoms with van der Waals surface area (Å²) >= 11 is 0. The average molecular weight is 295 g/mol. The fourth-order valence-electron chi connectivity index (χ4n) is 3.72. The maximum absolute atomic E-state index is 11.3. The molecule has 2 heterocycles. The number of piperidine rings is 2. The van der Waals surface area contributed by atoms with E-state index in [4.69, 9.17) is 0 Å². The molecule has 0 aromatic heterocycles. The van der Waals surface area contributed by atoms with Crippen molar-refractivity contribution in [3.63, 3.8) is 0 Å². The first-order chi connectivity index (χ1) is 10.2. The van der Waals surface area contributed by atoms with Gasteiger partial charge in [-0.2, -0.15) is 0 Å². The van der Waals surface area contributed by atoms with Gasteiger partial charge in [0.1, 0.15) is 0 Å². The van der Waals surface area contributed by atoms with E-state index in [1.54, 1.807) is 7.05 Å². The van der Waals surface area contributed by atoms with Crippen LogP contribution < -0.4 is 5.32 Å². The number of nitrogens with one attached hydrogen (secondary N) is 1. The lowest BCUT2D eigenvalue weighted by Crippen LogP contribution is -2.40. The van der Waals surface area contributed by atoms with Crippen LogP contribution in [-0.4, -0.2) is 61.5 Å². The zero-order valence-corrected chi connectivity index (χ0v) is 13.9. The van der Waals surface area contributed by atoms with Crippen molar-refractivity contribution in [2.75, 3.05) is 39.8 Å². The van der Waals surface area contributed by atoms with Crippen LogP contribution in [0.1, 0.15) is 51.9 Å². The third-order valence-corrected chi connectivity index (χ3v) is 5.41. The summed E-state index contributed by atoms with van der Waals surface area (Å²) in [5, 5.41) is 2.70. The third-order valence-electron chi connectivity index (χ3n) is 5.41. The van der Waals surface area contributed by atoms with Crippen molar-refractivity contribution in [2.45, 2.75) is 57.9 Å². The summed E-state index contributed by atoms with van der Waals surface area (Å²) in [7, 11) is 1.72. The smallest absolute Gasteiger partial charge is 0.221 e. The van der Waals surface area contributed by atoms with Crippen molar-refractivity contribution < 1.29 is 4.79 Å². The van der Waals surface area contributed by atoms with E-state index in [-0.39, 0.29) is 5.91 Å². The van der Waals surface area contributed by atoms with Gasteiger partial charge in [0, 0.05) is 26.1 Å². The van der Waals surface area contributed by atoms with Gasteiger partial charge < -0.3 is 15.1 Å². The molecule has 0 radical (unpaired) electrons. The van der Waals surface area contributed by atoms with Crippen molar-refractivity contribution in [2.24, 2.45) is 5.92 Å². The van der Waals surface area contributed by atoms with Crippen molar-refractivity contribution in [1.82, 2.24) is 15.1 Å². The Morgan fingerprint density at radius 2 is 1.86 bits per heavy atom. The Labute approximate surface area is 130 Å². The molecule has 1 N–H and O–H groups in total. The Bertz CT molecular complexity index is 313. The highest BCUT2D eigenvalue weighted by molar-refractivity contribution is 5.75. The van der Waals surface area contributed by atoms with Crippen molar-refractivity contribution in [3.05, 3.63) is 0 Å². The molecule has 2 aliphatic heterocycles. The number of amides is 1. The van der Waals surface area contributed by atoms with E-state index in [0.29, 0.717) is 6.42 Å². The molecule has 0 aromatic rings. The number of likely N-dealkylation sites (tertiary alicyclic amines) is 2. The molecule has 0 bridgehead atoms. The first-order valence-electron chi connectivity index (χ1n) is 8.86. The van der Waals surface area contributed by atoms with Crippen LogP contribution in [0, 0.1) is 5.92 Å². The highest BCUT2D eigenvalue weighted by Crippen LogP contribution is 2.23. The summed E-state index contributed by atoms with van der Waals surface area (Å²) in [6.07, 6.45) is 8.84. The first kappa shape index (κ1) is 16.8. The molecule has 0 spiro atoms. The van der Waals surface area contributed by atoms with Crippen LogP contribution in [0.5, 0.6) is 0 Å². The highest BCUT2D eigenvalue weighted by atomic mass is 16.1. The maximum atomic E-state index is 11.3. The van der Waals surface area contributed by atoms with Gasteiger partial charge in [-0.15, -0.1) is 0 Å². The molecule has 1 unspecified atom stereocenters. The van der Waals surface area contributed by atoms with E-state index in [0.717, 1.165) is 18.5 Å². The largest absolute Gasteiger partial charge is 0.359 e. The van der Waals surface area contributed by atoms with E-state index >= 15 is 0 Å². The Balaban J connectivity index is 1.59. The Morgan fingerprint density at radius 1 is 1.10 bits per heavy atom. The van der Waals surface area contributed by atoms with Crippen LogP contribution >= 0.6 is 0 Å². The minimum Gasteiger partial charge on any atom is -0.359 e. The van der Waals surface area contributed by atoms with Crippen molar-refractivity contribution in [1.29, 1.82) is 0 Å². The molecular formula is C17H33N3O. The molecule has 2 rings (SSSR count). The van der Waals surface area contributed by atoms with Crippen molar-refractivity contribution in [3.8, 4) is 0 Å². The van der Waals surface area contributed by atoms with E-state index < -0.39 is 0 Å². The zero-order chi connectivity index (χ0) is 15.1. The van der Waals surface area contributed by atoms with Gasteiger partial charge in [-0.05, 0) is 71.1 Å². The SMILES string of the molecule is CNC(=O)CCN1CCC(CCN2CCCCC2C)CC1. The van der Waals surface area contributed by atoms with Gasteiger partial charge in [-0.1, -0.05) is 6.42 Å². The number of rotatable bonds is 6. The fourth-order valence-corrected chi connectivity index (χ4v) is 3.72. The van der Waals surface area contributed by atoms with Crippen LogP contribution in [-0.2, 0) is 4.79 Å². The number of hydrogen-bond donors (Lipinski definition) is 1. The van der Waals surface area contributed by atoms with E-state index in [9.17, 15) is 4.79 Å². The summed E-state index contributed by atoms with van der Waals surface area (Å²) in [4.78, 5) is 16.4. The lowest BCUT2D eigenvalue weighted by atomic mass is 9.92. The second-order valence-corrected chi connectivity index (χ2v) is 6.88. The monoisotopic (exact) mass is 295 g/mol. The minimum atomic E-state index is 0.163. The summed E-state index contributed by atoms with van der Waals surface area (Å²) in [6.45, 7) is 8.28. The molecule has 21 heavy (non-hydrogen) atoms. The summed E-state index contributed by atoms with van der Waals surface area (Å²) in [5.74, 6) is 1.06. The summed E-state index contributed by atoms with van der Waals surface area (Å²) in [5.41, 5.74) is 0. The standard InChI is InChI=1S/C17H33N3O/c1-15-5-3-4-10-20(15)14-8-16-6-11-19(12-7-16)13-9-17(21)18-2/h15-16H,3-14H2,1-2H3,(H,18,21). The lowest BCUT2D eigenvalue weighted by Gasteiger charge is -2.36. The second kappa shape index (κ2) is 8.74. The zero-order valence-electron chi connectivity index (χ0n) is 13.9. The van der Waals surface area contributed by atoms with Crippen LogP contribution in [0.15, 0.2) is 0 Å². The van der Waals surface area contributed by atoms with Crippen molar-refractivity contribution >= 4 is 5.91 Å². The molecule has 0 aromatic carbocycles. The first-order valence-corrected chi connectivity index (χ1v) is 8.86. The van der Waals surface area contributed by atoms with Gasteiger partial charge in [0.15, 0.2) is 0 Å². The van der Waals surface area contributed by atoms with Gasteiger partial charge in [-0.25, -0.2) is 0 Å². The van der Waals surface area contributed by atoms with Gasteiger partial charge in [0.2, 0.25) is 5.91 Å². The van der Waals surface area contributed by atoms with E-state index in [1.807, 2.05) is 0 Å². The Morgan fingerprint density at radius 3 is 2.52 bits per heavy atom. The Kier molecular flexibility index (Phi) is 6.97. The minimum absolute atomic E-state index is 0.163. The molecule has 2 saturated heterocycles. The molecule has 4 heteroatoms. The van der Waals surface area contributed by atoms with Gasteiger partial charge in [-0.3, -0.25) is 4.79 Å². The molecule has 0 aliphatic carbocycles. The molecule has 122 valence electrons. The predicted molar refractivity (Wildman–Crippen MR) is 87.4 cm³/mol. The number of nitrogens with zero attached hydrogens (tertiary/aromatic N) is 2. The molecule has 2 aliphatic rings. The van der Waals surface area contributed by atoms with Gasteiger partial charge in [0.25, 0.3) is 0 Å². The van der Waals surface area contributed by atoms with Gasteiger partial charge in [0.05, 0.1) is 0 Å². The Hall–Kier alpha value is -0.610. The maximum Gasteiger partial charge on any atom is 0.221 e. The molecule has 4 nitrogen and oxygen atoms in total. The van der Waals surface area contributed by atoms with Gasteiger partial charge >= 0.3 is 0 Å². The van der Waals surface area contributed by atoms with Crippen LogP contribution in [0.25, 0.3) is 0 Å². The number of carbonyl (C=O) groups is 1.